The topological polar surface area (TPSA) is 100 Å². The summed E-state index contributed by atoms with van der Waals surface area (Å²) in [7, 11) is 0. The van der Waals surface area contributed by atoms with Crippen molar-refractivity contribution in [1.82, 2.24) is 25.1 Å². The highest BCUT2D eigenvalue weighted by Gasteiger charge is 2.14. The second-order valence-electron chi connectivity index (χ2n) is 6.08. The van der Waals surface area contributed by atoms with Crippen molar-refractivity contribution >= 4 is 45.2 Å². The van der Waals surface area contributed by atoms with Gasteiger partial charge in [0.1, 0.15) is 5.82 Å². The van der Waals surface area contributed by atoms with E-state index in [1.54, 1.807) is 18.2 Å². The van der Waals surface area contributed by atoms with Crippen LogP contribution in [0.15, 0.2) is 63.1 Å². The molecule has 3 heterocycles. The first-order valence-electron chi connectivity index (χ1n) is 8.38. The predicted molar refractivity (Wildman–Crippen MR) is 109 cm³/mol. The Morgan fingerprint density at radius 3 is 2.93 bits per heavy atom. The van der Waals surface area contributed by atoms with Crippen molar-refractivity contribution in [3.05, 3.63) is 69.9 Å². The number of halogens is 1. The lowest BCUT2D eigenvalue weighted by atomic mass is 10.2. The molecule has 0 saturated carbocycles. The summed E-state index contributed by atoms with van der Waals surface area (Å²) in [5.41, 5.74) is 2.22. The molecule has 2 N–H and O–H groups in total. The first-order valence-corrected chi connectivity index (χ1v) is 9.75. The molecule has 0 atom stereocenters. The predicted octanol–water partition coefficient (Wildman–Crippen LogP) is 4.40. The van der Waals surface area contributed by atoms with E-state index < -0.39 is 0 Å². The number of para-hydroxylation sites is 1. The molecule has 0 radical (unpaired) electrons. The standard InChI is InChI=1S/C19H12ClN5O2S/c20-10-5-6-15-12(7-10)17(26)23-16(22-15)9-28-19-25-24-18(27-19)13-8-21-14-4-2-1-3-11(13)14/h1-8,21H,9H2,(H,22,23,26). The van der Waals surface area contributed by atoms with Crippen LogP contribution in [0.3, 0.4) is 0 Å². The second-order valence-corrected chi connectivity index (χ2v) is 7.45. The molecule has 5 rings (SSSR count). The molecule has 0 aliphatic heterocycles. The zero-order valence-electron chi connectivity index (χ0n) is 14.3. The summed E-state index contributed by atoms with van der Waals surface area (Å²) < 4.78 is 5.77. The first-order chi connectivity index (χ1) is 13.7. The van der Waals surface area contributed by atoms with Crippen molar-refractivity contribution in [2.75, 3.05) is 0 Å². The second kappa shape index (κ2) is 6.81. The molecule has 138 valence electrons. The molecule has 28 heavy (non-hydrogen) atoms. The van der Waals surface area contributed by atoms with Crippen LogP contribution in [0.2, 0.25) is 5.02 Å². The zero-order valence-corrected chi connectivity index (χ0v) is 15.8. The van der Waals surface area contributed by atoms with E-state index in [1.165, 1.54) is 11.8 Å². The minimum atomic E-state index is -0.229. The monoisotopic (exact) mass is 409 g/mol. The highest BCUT2D eigenvalue weighted by Crippen LogP contribution is 2.30. The van der Waals surface area contributed by atoms with E-state index in [0.717, 1.165) is 16.5 Å². The van der Waals surface area contributed by atoms with Gasteiger partial charge >= 0.3 is 0 Å². The highest BCUT2D eigenvalue weighted by atomic mass is 35.5. The van der Waals surface area contributed by atoms with Crippen molar-refractivity contribution in [3.63, 3.8) is 0 Å². The third-order valence-corrected chi connectivity index (χ3v) is 5.34. The Morgan fingerprint density at radius 2 is 2.00 bits per heavy atom. The Kier molecular flexibility index (Phi) is 4.14. The molecule has 7 nitrogen and oxygen atoms in total. The maximum atomic E-state index is 12.2. The van der Waals surface area contributed by atoms with Crippen molar-refractivity contribution in [2.45, 2.75) is 11.0 Å². The van der Waals surface area contributed by atoms with Crippen LogP contribution >= 0.6 is 23.4 Å². The molecule has 3 aromatic heterocycles. The van der Waals surface area contributed by atoms with Gasteiger partial charge in [0.2, 0.25) is 0 Å². The van der Waals surface area contributed by atoms with Crippen molar-refractivity contribution in [2.24, 2.45) is 0 Å². The molecular weight excluding hydrogens is 398 g/mol. The largest absolute Gasteiger partial charge is 0.411 e. The lowest BCUT2D eigenvalue weighted by Gasteiger charge is -2.01. The molecule has 0 amide bonds. The molecule has 5 aromatic rings. The number of H-pyrrole nitrogens is 2. The molecule has 2 aromatic carbocycles. The number of aromatic nitrogens is 5. The van der Waals surface area contributed by atoms with Gasteiger partial charge < -0.3 is 14.4 Å². The van der Waals surface area contributed by atoms with Gasteiger partial charge in [-0.1, -0.05) is 41.6 Å². The SMILES string of the molecule is O=c1[nH]c(CSc2nnc(-c3c[nH]c4ccccc34)o2)nc2ccc(Cl)cc12. The summed E-state index contributed by atoms with van der Waals surface area (Å²) in [6, 6.07) is 12.9. The lowest BCUT2D eigenvalue weighted by Crippen LogP contribution is -2.11. The van der Waals surface area contributed by atoms with E-state index in [1.807, 2.05) is 30.5 Å². The number of hydrogen-bond donors (Lipinski definition) is 2. The number of fused-ring (bicyclic) bond motifs is 2. The minimum Gasteiger partial charge on any atom is -0.411 e. The molecule has 0 saturated heterocycles. The molecule has 0 aliphatic carbocycles. The Balaban J connectivity index is 1.39. The Morgan fingerprint density at radius 1 is 1.11 bits per heavy atom. The van der Waals surface area contributed by atoms with Crippen LogP contribution in [-0.2, 0) is 5.75 Å². The summed E-state index contributed by atoms with van der Waals surface area (Å²) >= 11 is 7.25. The number of nitrogens with zero attached hydrogens (tertiary/aromatic N) is 3. The van der Waals surface area contributed by atoms with E-state index in [0.29, 0.717) is 38.6 Å². The number of aromatic amines is 2. The maximum Gasteiger partial charge on any atom is 0.277 e. The van der Waals surface area contributed by atoms with Crippen molar-refractivity contribution < 1.29 is 4.42 Å². The van der Waals surface area contributed by atoms with Gasteiger partial charge in [0, 0.05) is 22.1 Å². The minimum absolute atomic E-state index is 0.229. The molecule has 0 spiro atoms. The van der Waals surface area contributed by atoms with Gasteiger partial charge in [-0.2, -0.15) is 0 Å². The van der Waals surface area contributed by atoms with Crippen molar-refractivity contribution in [1.29, 1.82) is 0 Å². The number of hydrogen-bond acceptors (Lipinski definition) is 6. The number of rotatable bonds is 4. The summed E-state index contributed by atoms with van der Waals surface area (Å²) in [6.45, 7) is 0. The molecule has 0 unspecified atom stereocenters. The van der Waals surface area contributed by atoms with E-state index >= 15 is 0 Å². The first kappa shape index (κ1) is 17.0. The quantitative estimate of drug-likeness (QED) is 0.427. The summed E-state index contributed by atoms with van der Waals surface area (Å²) in [5, 5.41) is 10.6. The molecule has 0 bridgehead atoms. The van der Waals surface area contributed by atoms with E-state index in [4.69, 9.17) is 16.0 Å². The van der Waals surface area contributed by atoms with Crippen LogP contribution in [0.5, 0.6) is 0 Å². The fraction of sp³-hybridized carbons (Fsp3) is 0.0526. The number of nitrogens with one attached hydrogen (secondary N) is 2. The number of benzene rings is 2. The fourth-order valence-corrected chi connectivity index (χ4v) is 3.79. The molecular formula is C19H12ClN5O2S. The van der Waals surface area contributed by atoms with Gasteiger partial charge in [0.25, 0.3) is 16.7 Å². The molecule has 0 fully saturated rings. The molecule has 9 heteroatoms. The summed E-state index contributed by atoms with van der Waals surface area (Å²) in [6.07, 6.45) is 1.85. The van der Waals surface area contributed by atoms with E-state index in [9.17, 15) is 4.79 Å². The summed E-state index contributed by atoms with van der Waals surface area (Å²) in [5.74, 6) is 1.36. The smallest absolute Gasteiger partial charge is 0.277 e. The van der Waals surface area contributed by atoms with E-state index in [2.05, 4.69) is 25.1 Å². The average molecular weight is 410 g/mol. The Labute approximate surface area is 167 Å². The third kappa shape index (κ3) is 3.06. The van der Waals surface area contributed by atoms with Crippen LogP contribution < -0.4 is 5.56 Å². The van der Waals surface area contributed by atoms with Gasteiger partial charge in [-0.3, -0.25) is 4.79 Å². The van der Waals surface area contributed by atoms with Gasteiger partial charge in [0.05, 0.1) is 22.2 Å². The van der Waals surface area contributed by atoms with Crippen LogP contribution in [0.25, 0.3) is 33.3 Å². The number of thioether (sulfide) groups is 1. The third-order valence-electron chi connectivity index (χ3n) is 4.27. The Hall–Kier alpha value is -3.10. The van der Waals surface area contributed by atoms with Crippen LogP contribution in [0, 0.1) is 0 Å². The van der Waals surface area contributed by atoms with Crippen LogP contribution in [0.1, 0.15) is 5.82 Å². The van der Waals surface area contributed by atoms with Crippen molar-refractivity contribution in [3.8, 4) is 11.5 Å². The van der Waals surface area contributed by atoms with Crippen LogP contribution in [0.4, 0.5) is 0 Å². The Bertz CT molecular complexity index is 1370. The van der Waals surface area contributed by atoms with Gasteiger partial charge in [-0.05, 0) is 24.3 Å². The summed E-state index contributed by atoms with van der Waals surface area (Å²) in [4.78, 5) is 22.6. The normalized spacial score (nSPS) is 11.5. The highest BCUT2D eigenvalue weighted by molar-refractivity contribution is 7.98. The zero-order chi connectivity index (χ0) is 19.1. The maximum absolute atomic E-state index is 12.2. The van der Waals surface area contributed by atoms with Gasteiger partial charge in [0.15, 0.2) is 0 Å². The molecule has 0 aliphatic rings. The lowest BCUT2D eigenvalue weighted by molar-refractivity contribution is 0.466. The van der Waals surface area contributed by atoms with E-state index in [-0.39, 0.29) is 5.56 Å². The fourth-order valence-electron chi connectivity index (χ4n) is 2.98. The van der Waals surface area contributed by atoms with Gasteiger partial charge in [-0.25, -0.2) is 4.98 Å². The average Bonchev–Trinajstić information content (AvgIpc) is 3.33. The van der Waals surface area contributed by atoms with Crippen LogP contribution in [-0.4, -0.2) is 25.1 Å². The van der Waals surface area contributed by atoms with Gasteiger partial charge in [-0.15, -0.1) is 10.2 Å².